The van der Waals surface area contributed by atoms with Gasteiger partial charge in [-0.15, -0.1) is 0 Å². The third-order valence-corrected chi connectivity index (χ3v) is 4.93. The van der Waals surface area contributed by atoms with Crippen molar-refractivity contribution in [3.05, 3.63) is 47.8 Å². The molecule has 2 aromatic heterocycles. The first-order chi connectivity index (χ1) is 15.4. The first-order valence-corrected chi connectivity index (χ1v) is 10.5. The number of imide groups is 1. The summed E-state index contributed by atoms with van der Waals surface area (Å²) in [5.41, 5.74) is 2.14. The van der Waals surface area contributed by atoms with Gasteiger partial charge in [0.2, 0.25) is 0 Å². The van der Waals surface area contributed by atoms with Crippen LogP contribution in [0, 0.1) is 0 Å². The van der Waals surface area contributed by atoms with Gasteiger partial charge in [-0.3, -0.25) is 10.1 Å². The molecule has 32 heavy (non-hydrogen) atoms. The van der Waals surface area contributed by atoms with E-state index in [0.29, 0.717) is 23.1 Å². The van der Waals surface area contributed by atoms with Crippen molar-refractivity contribution >= 4 is 41.0 Å². The molecular formula is C22H23N7O3. The van der Waals surface area contributed by atoms with Crippen LogP contribution in [0.25, 0.3) is 11.7 Å². The quantitative estimate of drug-likeness (QED) is 0.334. The van der Waals surface area contributed by atoms with Gasteiger partial charge >= 0.3 is 6.03 Å². The molecule has 0 unspecified atom stereocenters. The van der Waals surface area contributed by atoms with Gasteiger partial charge in [-0.05, 0) is 44.9 Å². The number of hydrogen-bond donors (Lipinski definition) is 4. The molecule has 10 nitrogen and oxygen atoms in total. The zero-order valence-corrected chi connectivity index (χ0v) is 17.7. The lowest BCUT2D eigenvalue weighted by Gasteiger charge is -2.13. The molecule has 1 saturated carbocycles. The molecule has 0 spiro atoms. The SMILES string of the molecule is CC(C)Oc1cccc(Nc2cc(NC3CC3)n3ncc(/C=C4\NC(=O)NC4=O)c3n2)c1. The normalized spacial score (nSPS) is 17.0. The molecule has 164 valence electrons. The maximum Gasteiger partial charge on any atom is 0.326 e. The summed E-state index contributed by atoms with van der Waals surface area (Å²) < 4.78 is 7.48. The molecule has 2 fully saturated rings. The summed E-state index contributed by atoms with van der Waals surface area (Å²) in [5.74, 6) is 1.68. The Bertz CT molecular complexity index is 1240. The Hall–Kier alpha value is -4.08. The number of rotatable bonds is 7. The second-order valence-electron chi connectivity index (χ2n) is 8.07. The smallest absolute Gasteiger partial charge is 0.326 e. The maximum atomic E-state index is 11.9. The van der Waals surface area contributed by atoms with Crippen molar-refractivity contribution in [2.45, 2.75) is 38.8 Å². The van der Waals surface area contributed by atoms with E-state index >= 15 is 0 Å². The third-order valence-electron chi connectivity index (χ3n) is 4.93. The van der Waals surface area contributed by atoms with E-state index in [1.807, 2.05) is 44.2 Å². The topological polar surface area (TPSA) is 122 Å². The number of nitrogens with zero attached hydrogens (tertiary/aromatic N) is 3. The minimum absolute atomic E-state index is 0.0738. The van der Waals surface area contributed by atoms with Gasteiger partial charge < -0.3 is 20.7 Å². The molecule has 1 aliphatic heterocycles. The van der Waals surface area contributed by atoms with E-state index in [1.54, 1.807) is 16.8 Å². The van der Waals surface area contributed by atoms with Gasteiger partial charge in [0.25, 0.3) is 5.91 Å². The highest BCUT2D eigenvalue weighted by Gasteiger charge is 2.25. The van der Waals surface area contributed by atoms with Crippen LogP contribution in [0.3, 0.4) is 0 Å². The van der Waals surface area contributed by atoms with E-state index < -0.39 is 11.9 Å². The number of carbonyl (C=O) groups is 2. The third kappa shape index (κ3) is 4.20. The summed E-state index contributed by atoms with van der Waals surface area (Å²) >= 11 is 0. The minimum atomic E-state index is -0.548. The molecule has 10 heteroatoms. The number of carbonyl (C=O) groups excluding carboxylic acids is 2. The van der Waals surface area contributed by atoms with E-state index in [1.165, 1.54) is 0 Å². The Kier molecular flexibility index (Phi) is 4.89. The predicted octanol–water partition coefficient (Wildman–Crippen LogP) is 3.01. The lowest BCUT2D eigenvalue weighted by atomic mass is 10.2. The van der Waals surface area contributed by atoms with Crippen LogP contribution in [-0.2, 0) is 4.79 Å². The first kappa shape index (κ1) is 19.9. The number of hydrogen-bond acceptors (Lipinski definition) is 7. The summed E-state index contributed by atoms with van der Waals surface area (Å²) in [6.45, 7) is 3.96. The van der Waals surface area contributed by atoms with Crippen molar-refractivity contribution < 1.29 is 14.3 Å². The largest absolute Gasteiger partial charge is 0.491 e. The second kappa shape index (κ2) is 7.88. The second-order valence-corrected chi connectivity index (χ2v) is 8.07. The Balaban J connectivity index is 1.52. The van der Waals surface area contributed by atoms with E-state index in [2.05, 4.69) is 26.4 Å². The lowest BCUT2D eigenvalue weighted by molar-refractivity contribution is -0.115. The molecule has 0 bridgehead atoms. The number of anilines is 3. The number of ether oxygens (including phenoxy) is 1. The number of fused-ring (bicyclic) bond motifs is 1. The molecular weight excluding hydrogens is 410 g/mol. The number of aromatic nitrogens is 3. The molecule has 1 saturated heterocycles. The van der Waals surface area contributed by atoms with Crippen LogP contribution in [0.2, 0.25) is 0 Å². The van der Waals surface area contributed by atoms with Gasteiger partial charge in [0.1, 0.15) is 23.1 Å². The summed E-state index contributed by atoms with van der Waals surface area (Å²) in [4.78, 5) is 28.1. The maximum absolute atomic E-state index is 11.9. The minimum Gasteiger partial charge on any atom is -0.491 e. The standard InChI is InChI=1S/C22H23N7O3/c1-12(2)32-16-5-3-4-15(9-16)24-18-10-19(25-14-6-7-14)29-20(27-18)13(11-23-29)8-17-21(30)28-22(31)26-17/h3-5,8-12,14,25H,6-7H2,1-2H3,(H,24,27)(H2,26,28,30,31)/b17-8-. The van der Waals surface area contributed by atoms with Gasteiger partial charge in [-0.1, -0.05) is 6.07 Å². The average molecular weight is 433 g/mol. The Labute approximate surface area is 184 Å². The van der Waals surface area contributed by atoms with Crippen LogP contribution < -0.4 is 26.0 Å². The Morgan fingerprint density at radius 2 is 2.06 bits per heavy atom. The predicted molar refractivity (Wildman–Crippen MR) is 120 cm³/mol. The molecule has 4 N–H and O–H groups in total. The number of amides is 3. The van der Waals surface area contributed by atoms with Gasteiger partial charge in [0, 0.05) is 29.4 Å². The molecule has 0 radical (unpaired) electrons. The van der Waals surface area contributed by atoms with E-state index in [-0.39, 0.29) is 11.8 Å². The van der Waals surface area contributed by atoms with Gasteiger partial charge in [0.15, 0.2) is 5.65 Å². The van der Waals surface area contributed by atoms with Crippen molar-refractivity contribution in [1.29, 1.82) is 0 Å². The zero-order valence-electron chi connectivity index (χ0n) is 17.7. The van der Waals surface area contributed by atoms with Gasteiger partial charge in [-0.25, -0.2) is 9.78 Å². The molecule has 3 aromatic rings. The fourth-order valence-corrected chi connectivity index (χ4v) is 3.39. The summed E-state index contributed by atoms with van der Waals surface area (Å²) in [6.07, 6.45) is 5.46. The van der Waals surface area contributed by atoms with E-state index in [9.17, 15) is 9.59 Å². The van der Waals surface area contributed by atoms with Crippen LogP contribution >= 0.6 is 0 Å². The van der Waals surface area contributed by atoms with E-state index in [0.717, 1.165) is 30.1 Å². The van der Waals surface area contributed by atoms with Crippen LogP contribution in [0.15, 0.2) is 42.2 Å². The highest BCUT2D eigenvalue weighted by Crippen LogP contribution is 2.29. The number of urea groups is 1. The average Bonchev–Trinajstić information content (AvgIpc) is 3.36. The van der Waals surface area contributed by atoms with Crippen LogP contribution in [-0.4, -0.2) is 38.7 Å². The summed E-state index contributed by atoms with van der Waals surface area (Å²) in [7, 11) is 0. The molecule has 1 aromatic carbocycles. The van der Waals surface area contributed by atoms with Gasteiger partial charge in [-0.2, -0.15) is 9.61 Å². The van der Waals surface area contributed by atoms with E-state index in [4.69, 9.17) is 9.72 Å². The van der Waals surface area contributed by atoms with Crippen LogP contribution in [0.5, 0.6) is 5.75 Å². The molecule has 1 aliphatic carbocycles. The van der Waals surface area contributed by atoms with Gasteiger partial charge in [0.05, 0.1) is 12.3 Å². The van der Waals surface area contributed by atoms with Crippen molar-refractivity contribution in [2.24, 2.45) is 0 Å². The van der Waals surface area contributed by atoms with Crippen molar-refractivity contribution in [3.63, 3.8) is 0 Å². The van der Waals surface area contributed by atoms with Crippen molar-refractivity contribution in [1.82, 2.24) is 25.2 Å². The highest BCUT2D eigenvalue weighted by molar-refractivity contribution is 6.14. The summed E-state index contributed by atoms with van der Waals surface area (Å²) in [5, 5.41) is 15.9. The molecule has 3 heterocycles. The van der Waals surface area contributed by atoms with Crippen LogP contribution in [0.1, 0.15) is 32.3 Å². The molecule has 3 amide bonds. The number of nitrogens with one attached hydrogen (secondary N) is 4. The highest BCUT2D eigenvalue weighted by atomic mass is 16.5. The first-order valence-electron chi connectivity index (χ1n) is 10.5. The number of benzene rings is 1. The molecule has 5 rings (SSSR count). The summed E-state index contributed by atoms with van der Waals surface area (Å²) in [6, 6.07) is 9.43. The zero-order chi connectivity index (χ0) is 22.2. The fourth-order valence-electron chi connectivity index (χ4n) is 3.39. The Morgan fingerprint density at radius 3 is 2.78 bits per heavy atom. The monoisotopic (exact) mass is 433 g/mol. The van der Waals surface area contributed by atoms with Crippen molar-refractivity contribution in [3.8, 4) is 5.75 Å². The van der Waals surface area contributed by atoms with Crippen molar-refractivity contribution in [2.75, 3.05) is 10.6 Å². The lowest BCUT2D eigenvalue weighted by Crippen LogP contribution is -2.22. The van der Waals surface area contributed by atoms with Crippen LogP contribution in [0.4, 0.5) is 22.1 Å². The Morgan fingerprint density at radius 1 is 1.22 bits per heavy atom. The molecule has 2 aliphatic rings. The molecule has 0 atom stereocenters. The fraction of sp³-hybridized carbons (Fsp3) is 0.273.